The maximum absolute atomic E-state index is 4.18. The third kappa shape index (κ3) is 1.31. The van der Waals surface area contributed by atoms with Crippen molar-refractivity contribution in [2.24, 2.45) is 0 Å². The third-order valence-electron chi connectivity index (χ3n) is 1.48. The van der Waals surface area contributed by atoms with Crippen LogP contribution in [0.15, 0.2) is 12.3 Å². The molecule has 0 atom stereocenters. The summed E-state index contributed by atoms with van der Waals surface area (Å²) in [7, 11) is 0. The summed E-state index contributed by atoms with van der Waals surface area (Å²) >= 11 is 0. The zero-order valence-electron chi connectivity index (χ0n) is 6.36. The van der Waals surface area contributed by atoms with Crippen molar-refractivity contribution in [2.45, 2.75) is 20.8 Å². The minimum absolute atomic E-state index is 0. The Bertz CT molecular complexity index is 220. The molecule has 0 saturated heterocycles. The number of hydrogen-bond donors (Lipinski definition) is 0. The molecule has 0 saturated carbocycles. The van der Waals surface area contributed by atoms with Gasteiger partial charge in [0.05, 0.1) is 0 Å². The van der Waals surface area contributed by atoms with Crippen molar-refractivity contribution < 1.29 is 0 Å². The van der Waals surface area contributed by atoms with Gasteiger partial charge in [0.25, 0.3) is 0 Å². The van der Waals surface area contributed by atoms with Gasteiger partial charge in [0, 0.05) is 11.9 Å². The molecule has 1 nitrogen and oxygen atoms in total. The van der Waals surface area contributed by atoms with Gasteiger partial charge in [-0.25, -0.2) is 0 Å². The fourth-order valence-electron chi connectivity index (χ4n) is 0.784. The van der Waals surface area contributed by atoms with Crippen LogP contribution in [-0.4, -0.2) is 4.98 Å². The zero-order chi connectivity index (χ0) is 6.85. The second-order valence-corrected chi connectivity index (χ2v) is 2.41. The zero-order valence-corrected chi connectivity index (χ0v) is 8.51. The van der Waals surface area contributed by atoms with Gasteiger partial charge in [-0.1, -0.05) is 6.07 Å². The maximum Gasteiger partial charge on any atom is 0.0401 e. The van der Waals surface area contributed by atoms with Gasteiger partial charge in [0.2, 0.25) is 0 Å². The van der Waals surface area contributed by atoms with Gasteiger partial charge in [-0.05, 0) is 31.9 Å². The number of hydrogen-bond acceptors (Lipinski definition) is 1. The molecule has 1 aromatic heterocycles. The second-order valence-electron chi connectivity index (χ2n) is 2.41. The number of pyridine rings is 1. The summed E-state index contributed by atoms with van der Waals surface area (Å²) in [5.41, 5.74) is 3.63. The van der Waals surface area contributed by atoms with Gasteiger partial charge in [-0.15, -0.1) is 0 Å². The van der Waals surface area contributed by atoms with Crippen LogP contribution in [0.5, 0.6) is 0 Å². The SMILES string of the molecule is Cc1cnc(C)c(C)c1.[Lr]. The number of nitrogens with zero attached hydrogens (tertiary/aromatic N) is 1. The van der Waals surface area contributed by atoms with Crippen molar-refractivity contribution in [1.82, 2.24) is 4.98 Å². The fourth-order valence-corrected chi connectivity index (χ4v) is 0.784. The van der Waals surface area contributed by atoms with Crippen LogP contribution in [-0.2, 0) is 0 Å². The smallest absolute Gasteiger partial charge is 0.0401 e. The summed E-state index contributed by atoms with van der Waals surface area (Å²) in [6, 6.07) is 2.14. The first-order valence-electron chi connectivity index (χ1n) is 3.10. The Labute approximate surface area is 55.7 Å². The summed E-state index contributed by atoms with van der Waals surface area (Å²) in [6.07, 6.45) is 1.89. The molecule has 0 spiro atoms. The Morgan fingerprint density at radius 1 is 1.20 bits per heavy atom. The summed E-state index contributed by atoms with van der Waals surface area (Å²) in [4.78, 5) is 4.18. The molecule has 1 radical (unpaired) electrons. The molecule has 0 amide bonds. The van der Waals surface area contributed by atoms with Crippen molar-refractivity contribution in [1.29, 1.82) is 0 Å². The molecular formula is C8H11LrN. The molecule has 0 aliphatic carbocycles. The van der Waals surface area contributed by atoms with E-state index in [0.717, 1.165) is 5.69 Å². The summed E-state index contributed by atoms with van der Waals surface area (Å²) in [5, 5.41) is 0. The predicted molar refractivity (Wildman–Crippen MR) is 38.4 cm³/mol. The first-order valence-corrected chi connectivity index (χ1v) is 3.10. The Balaban J connectivity index is 0.000000810. The number of aromatic nitrogens is 1. The van der Waals surface area contributed by atoms with Crippen LogP contribution in [0.1, 0.15) is 16.8 Å². The van der Waals surface area contributed by atoms with Gasteiger partial charge in [-0.3, -0.25) is 4.98 Å². The van der Waals surface area contributed by atoms with Crippen LogP contribution < -0.4 is 0 Å². The molecule has 1 rings (SSSR count). The van der Waals surface area contributed by atoms with Crippen molar-refractivity contribution >= 4 is 0 Å². The average Bonchev–Trinajstić information content (AvgIpc) is 1.80. The third-order valence-corrected chi connectivity index (χ3v) is 1.48. The van der Waals surface area contributed by atoms with Crippen LogP contribution in [0.4, 0.5) is 0 Å². The summed E-state index contributed by atoms with van der Waals surface area (Å²) in [5.74, 6) is 0. The first-order chi connectivity index (χ1) is 4.20. The van der Waals surface area contributed by atoms with E-state index in [1.54, 1.807) is 0 Å². The van der Waals surface area contributed by atoms with E-state index in [9.17, 15) is 0 Å². The molecule has 0 bridgehead atoms. The van der Waals surface area contributed by atoms with Crippen LogP contribution in [0.2, 0.25) is 0 Å². The van der Waals surface area contributed by atoms with Gasteiger partial charge in [0.1, 0.15) is 0 Å². The standard InChI is InChI=1S/C8H11N.Lr/c1-6-4-7(2)8(3)9-5-6;/h4-5H,1-3H3;. The second kappa shape index (κ2) is 2.62. The maximum atomic E-state index is 4.18. The normalized spacial score (nSPS) is 8.70. The van der Waals surface area contributed by atoms with E-state index in [0.29, 0.717) is 0 Å². The van der Waals surface area contributed by atoms with Crippen molar-refractivity contribution in [2.75, 3.05) is 0 Å². The molecule has 0 aromatic carbocycles. The van der Waals surface area contributed by atoms with Crippen LogP contribution in [0.3, 0.4) is 0 Å². The van der Waals surface area contributed by atoms with Crippen LogP contribution >= 0.6 is 0 Å². The van der Waals surface area contributed by atoms with Crippen molar-refractivity contribution in [3.63, 3.8) is 0 Å². The van der Waals surface area contributed by atoms with Gasteiger partial charge in [-0.2, -0.15) is 0 Å². The quantitative estimate of drug-likeness (QED) is 0.668. The number of aryl methyl sites for hydroxylation is 3. The first kappa shape index (κ1) is 8.15. The fraction of sp³-hybridized carbons (Fsp3) is 0.375. The van der Waals surface area contributed by atoms with Crippen LogP contribution in [0.25, 0.3) is 0 Å². The molecule has 0 aliphatic rings. The molecule has 10 heavy (non-hydrogen) atoms. The predicted octanol–water partition coefficient (Wildman–Crippen LogP) is 2.01. The van der Waals surface area contributed by atoms with Gasteiger partial charge >= 0.3 is 0 Å². The van der Waals surface area contributed by atoms with E-state index < -0.39 is 0 Å². The molecular weight excluding hydrogens is 372 g/mol. The molecule has 2 heteroatoms. The van der Waals surface area contributed by atoms with Crippen molar-refractivity contribution in [3.05, 3.63) is 29.1 Å². The molecule has 63 valence electrons. The Morgan fingerprint density at radius 3 is 2.20 bits per heavy atom. The van der Waals surface area contributed by atoms with E-state index in [1.807, 2.05) is 13.1 Å². The van der Waals surface area contributed by atoms with Crippen molar-refractivity contribution in [3.8, 4) is 0 Å². The Kier molecular flexibility index (Phi) is 2.14. The van der Waals surface area contributed by atoms with Gasteiger partial charge in [0.15, 0.2) is 0 Å². The van der Waals surface area contributed by atoms with Gasteiger partial charge < -0.3 is 0 Å². The van der Waals surface area contributed by atoms with E-state index in [1.165, 1.54) is 11.1 Å². The van der Waals surface area contributed by atoms with E-state index >= 15 is 0 Å². The minimum atomic E-state index is 0. The molecule has 0 aliphatic heterocycles. The summed E-state index contributed by atoms with van der Waals surface area (Å²) in [6.45, 7) is 6.16. The molecule has 0 N–H and O–H groups in total. The molecule has 1 heterocycles. The Hall–Kier alpha value is -1.85. The van der Waals surface area contributed by atoms with E-state index in [2.05, 4.69) is 24.9 Å². The topological polar surface area (TPSA) is 12.9 Å². The molecule has 1 aromatic rings. The van der Waals surface area contributed by atoms with E-state index in [4.69, 9.17) is 0 Å². The molecule has 0 unspecified atom stereocenters. The molecule has 0 fully saturated rings. The Morgan fingerprint density at radius 2 is 1.80 bits per heavy atom. The van der Waals surface area contributed by atoms with Crippen LogP contribution in [0, 0.1) is 20.8 Å². The number of rotatable bonds is 0. The van der Waals surface area contributed by atoms with E-state index in [-0.39, 0.29) is 0 Å². The largest absolute Gasteiger partial charge is 0.261 e. The summed E-state index contributed by atoms with van der Waals surface area (Å²) < 4.78 is 0. The average molecular weight is 383 g/mol. The monoisotopic (exact) mass is 383 g/mol. The minimum Gasteiger partial charge on any atom is -0.261 e.